The second-order valence-electron chi connectivity index (χ2n) is 4.20. The molecule has 0 saturated heterocycles. The minimum absolute atomic E-state index is 0.330. The van der Waals surface area contributed by atoms with Crippen LogP contribution in [0.1, 0.15) is 34.1 Å². The first-order valence-corrected chi connectivity index (χ1v) is 6.29. The number of nitrogens with zero attached hydrogens (tertiary/aromatic N) is 1. The van der Waals surface area contributed by atoms with Gasteiger partial charge in [-0.3, -0.25) is 0 Å². The van der Waals surface area contributed by atoms with Crippen LogP contribution in [0.3, 0.4) is 0 Å². The zero-order chi connectivity index (χ0) is 14.2. The first-order chi connectivity index (χ1) is 8.41. The van der Waals surface area contributed by atoms with Gasteiger partial charge in [0.1, 0.15) is 5.54 Å². The van der Waals surface area contributed by atoms with Gasteiger partial charge in [-0.1, -0.05) is 6.92 Å². The van der Waals surface area contributed by atoms with Crippen LogP contribution in [0.15, 0.2) is 0 Å². The molecule has 0 aromatic rings. The molecule has 0 spiro atoms. The van der Waals surface area contributed by atoms with Gasteiger partial charge in [0.15, 0.2) is 0 Å². The molecule has 1 atom stereocenters. The first kappa shape index (κ1) is 16.7. The minimum atomic E-state index is -1.23. The van der Waals surface area contributed by atoms with Gasteiger partial charge in [-0.15, -0.1) is 0 Å². The fraction of sp³-hybridized carbons (Fsp3) is 0.833. The molecule has 0 aliphatic carbocycles. The van der Waals surface area contributed by atoms with Crippen molar-refractivity contribution in [3.05, 3.63) is 0 Å². The van der Waals surface area contributed by atoms with E-state index in [1.807, 2.05) is 13.8 Å². The molecule has 0 rings (SSSR count). The van der Waals surface area contributed by atoms with Crippen molar-refractivity contribution in [1.29, 1.82) is 0 Å². The highest BCUT2D eigenvalue weighted by atomic mass is 16.5. The summed E-state index contributed by atoms with van der Waals surface area (Å²) in [5, 5.41) is 11.6. The number of rotatable bonds is 8. The SMILES string of the molecule is CCOCCN(CC)C(=O)NC(C)(CC)C(=O)O. The lowest BCUT2D eigenvalue weighted by atomic mass is 10.00. The van der Waals surface area contributed by atoms with Gasteiger partial charge in [0.25, 0.3) is 0 Å². The summed E-state index contributed by atoms with van der Waals surface area (Å²) in [7, 11) is 0. The number of urea groups is 1. The highest BCUT2D eigenvalue weighted by molar-refractivity contribution is 5.85. The van der Waals surface area contributed by atoms with Crippen molar-refractivity contribution in [2.24, 2.45) is 0 Å². The highest BCUT2D eigenvalue weighted by Crippen LogP contribution is 2.10. The van der Waals surface area contributed by atoms with Gasteiger partial charge >= 0.3 is 12.0 Å². The summed E-state index contributed by atoms with van der Waals surface area (Å²) in [5.41, 5.74) is -1.23. The molecule has 18 heavy (non-hydrogen) atoms. The standard InChI is InChI=1S/C12H24N2O4/c1-5-12(4,10(15)16)13-11(17)14(6-2)8-9-18-7-3/h5-9H2,1-4H3,(H,13,17)(H,15,16). The Bertz CT molecular complexity index is 283. The van der Waals surface area contributed by atoms with Gasteiger partial charge in [-0.05, 0) is 27.2 Å². The molecule has 0 aromatic heterocycles. The third-order valence-electron chi connectivity index (χ3n) is 2.94. The van der Waals surface area contributed by atoms with Gasteiger partial charge in [-0.2, -0.15) is 0 Å². The van der Waals surface area contributed by atoms with E-state index in [0.29, 0.717) is 32.7 Å². The Hall–Kier alpha value is -1.30. The third-order valence-corrected chi connectivity index (χ3v) is 2.94. The largest absolute Gasteiger partial charge is 0.480 e. The van der Waals surface area contributed by atoms with Crippen LogP contribution in [0.25, 0.3) is 0 Å². The predicted molar refractivity (Wildman–Crippen MR) is 68.6 cm³/mol. The van der Waals surface area contributed by atoms with Crippen molar-refractivity contribution in [3.63, 3.8) is 0 Å². The van der Waals surface area contributed by atoms with Gasteiger partial charge < -0.3 is 20.1 Å². The molecule has 2 amide bonds. The van der Waals surface area contributed by atoms with Gasteiger partial charge in [0.2, 0.25) is 0 Å². The zero-order valence-electron chi connectivity index (χ0n) is 11.7. The van der Waals surface area contributed by atoms with E-state index in [9.17, 15) is 9.59 Å². The van der Waals surface area contributed by atoms with Crippen LogP contribution in [-0.2, 0) is 9.53 Å². The molecule has 106 valence electrons. The maximum Gasteiger partial charge on any atom is 0.329 e. The molecule has 6 heteroatoms. The van der Waals surface area contributed by atoms with E-state index >= 15 is 0 Å². The number of amides is 2. The maximum atomic E-state index is 11.9. The van der Waals surface area contributed by atoms with Crippen molar-refractivity contribution in [1.82, 2.24) is 10.2 Å². The summed E-state index contributed by atoms with van der Waals surface area (Å²) in [6, 6.07) is -0.371. The third kappa shape index (κ3) is 4.91. The number of carbonyl (C=O) groups is 2. The number of nitrogens with one attached hydrogen (secondary N) is 1. The molecule has 2 N–H and O–H groups in total. The van der Waals surface area contributed by atoms with Crippen molar-refractivity contribution >= 4 is 12.0 Å². The van der Waals surface area contributed by atoms with Crippen LogP contribution < -0.4 is 5.32 Å². The average Bonchev–Trinajstić information content (AvgIpc) is 2.34. The molecular formula is C12H24N2O4. The monoisotopic (exact) mass is 260 g/mol. The van der Waals surface area contributed by atoms with Gasteiger partial charge in [-0.25, -0.2) is 9.59 Å². The van der Waals surface area contributed by atoms with Crippen LogP contribution in [-0.4, -0.2) is 53.8 Å². The molecule has 0 aliphatic rings. The second kappa shape index (κ2) is 7.92. The highest BCUT2D eigenvalue weighted by Gasteiger charge is 2.33. The Balaban J connectivity index is 4.46. The molecular weight excluding hydrogens is 236 g/mol. The van der Waals surface area contributed by atoms with Crippen molar-refractivity contribution < 1.29 is 19.4 Å². The van der Waals surface area contributed by atoms with Crippen molar-refractivity contribution in [2.45, 2.75) is 39.7 Å². The van der Waals surface area contributed by atoms with Crippen LogP contribution in [0.2, 0.25) is 0 Å². The number of carboxylic acids is 1. The molecule has 0 aliphatic heterocycles. The maximum absolute atomic E-state index is 11.9. The predicted octanol–water partition coefficient (Wildman–Crippen LogP) is 1.31. The van der Waals surface area contributed by atoms with Crippen LogP contribution in [0.5, 0.6) is 0 Å². The zero-order valence-corrected chi connectivity index (χ0v) is 11.7. The van der Waals surface area contributed by atoms with E-state index < -0.39 is 11.5 Å². The Morgan fingerprint density at radius 1 is 1.33 bits per heavy atom. The summed E-state index contributed by atoms with van der Waals surface area (Å²) >= 11 is 0. The van der Waals surface area contributed by atoms with E-state index in [1.165, 1.54) is 11.8 Å². The Morgan fingerprint density at radius 3 is 2.33 bits per heavy atom. The van der Waals surface area contributed by atoms with Crippen LogP contribution in [0, 0.1) is 0 Å². The van der Waals surface area contributed by atoms with Crippen LogP contribution >= 0.6 is 0 Å². The molecule has 1 unspecified atom stereocenters. The molecule has 0 heterocycles. The fourth-order valence-corrected chi connectivity index (χ4v) is 1.33. The number of carboxylic acid groups (broad SMARTS) is 1. The number of hydrogen-bond donors (Lipinski definition) is 2. The smallest absolute Gasteiger partial charge is 0.329 e. The lowest BCUT2D eigenvalue weighted by Crippen LogP contribution is -2.56. The van der Waals surface area contributed by atoms with E-state index in [-0.39, 0.29) is 6.03 Å². The number of carbonyl (C=O) groups excluding carboxylic acids is 1. The summed E-state index contributed by atoms with van der Waals surface area (Å²) < 4.78 is 5.18. The van der Waals surface area contributed by atoms with Gasteiger partial charge in [0.05, 0.1) is 6.61 Å². The number of aliphatic carboxylic acids is 1. The van der Waals surface area contributed by atoms with E-state index in [2.05, 4.69) is 5.32 Å². The molecule has 0 aromatic carbocycles. The van der Waals surface area contributed by atoms with Gasteiger partial charge in [0, 0.05) is 19.7 Å². The minimum Gasteiger partial charge on any atom is -0.480 e. The van der Waals surface area contributed by atoms with E-state index in [1.54, 1.807) is 6.92 Å². The van der Waals surface area contributed by atoms with Crippen molar-refractivity contribution in [3.8, 4) is 0 Å². The molecule has 6 nitrogen and oxygen atoms in total. The summed E-state index contributed by atoms with van der Waals surface area (Å²) in [5.74, 6) is -1.03. The topological polar surface area (TPSA) is 78.9 Å². The number of likely N-dealkylation sites (N-methyl/N-ethyl adjacent to an activating group) is 1. The second-order valence-corrected chi connectivity index (χ2v) is 4.20. The summed E-state index contributed by atoms with van der Waals surface area (Å²) in [6.07, 6.45) is 0.330. The molecule has 0 saturated carbocycles. The quantitative estimate of drug-likeness (QED) is 0.645. The lowest BCUT2D eigenvalue weighted by molar-refractivity contribution is -0.143. The van der Waals surface area contributed by atoms with E-state index in [0.717, 1.165) is 0 Å². The average molecular weight is 260 g/mol. The normalized spacial score (nSPS) is 13.8. The molecule has 0 fully saturated rings. The Morgan fingerprint density at radius 2 is 1.94 bits per heavy atom. The lowest BCUT2D eigenvalue weighted by Gasteiger charge is -2.29. The molecule has 0 radical (unpaired) electrons. The van der Waals surface area contributed by atoms with Crippen molar-refractivity contribution in [2.75, 3.05) is 26.3 Å². The van der Waals surface area contributed by atoms with Crippen LogP contribution in [0.4, 0.5) is 4.79 Å². The first-order valence-electron chi connectivity index (χ1n) is 6.29. The summed E-state index contributed by atoms with van der Waals surface area (Å²) in [6.45, 7) is 8.97. The Kier molecular flexibility index (Phi) is 7.35. The number of ether oxygens (including phenoxy) is 1. The fourth-order valence-electron chi connectivity index (χ4n) is 1.33. The summed E-state index contributed by atoms with van der Waals surface area (Å²) in [4.78, 5) is 24.6. The molecule has 0 bridgehead atoms. The Labute approximate surface area is 108 Å². The number of hydrogen-bond acceptors (Lipinski definition) is 3. The van der Waals surface area contributed by atoms with E-state index in [4.69, 9.17) is 9.84 Å².